The number of alkyl halides is 1. The van der Waals surface area contributed by atoms with E-state index in [1.165, 1.54) is 12.1 Å². The molecule has 0 fully saturated rings. The van der Waals surface area contributed by atoms with E-state index < -0.39 is 0 Å². The summed E-state index contributed by atoms with van der Waals surface area (Å²) in [5, 5.41) is 14.4. The van der Waals surface area contributed by atoms with Gasteiger partial charge in [0.25, 0.3) is 5.91 Å². The van der Waals surface area contributed by atoms with Crippen LogP contribution in [0.25, 0.3) is 0 Å². The average Bonchev–Trinajstić information content (AvgIpc) is 2.56. The van der Waals surface area contributed by atoms with E-state index in [0.717, 1.165) is 0 Å². The molecular weight excluding hydrogens is 324 g/mol. The van der Waals surface area contributed by atoms with E-state index in [9.17, 15) is 9.59 Å². The Kier molecular flexibility index (Phi) is 9.78. The highest BCUT2D eigenvalue weighted by molar-refractivity contribution is 6.27. The fraction of sp³-hybridized carbons (Fsp3) is 0.467. The molecular formula is C15H21ClN2O5. The van der Waals surface area contributed by atoms with Gasteiger partial charge in [-0.15, -0.1) is 11.6 Å². The number of ether oxygens (including phenoxy) is 2. The summed E-state index contributed by atoms with van der Waals surface area (Å²) in [4.78, 5) is 22.5. The predicted octanol–water partition coefficient (Wildman–Crippen LogP) is 0.510. The van der Waals surface area contributed by atoms with E-state index in [0.29, 0.717) is 45.1 Å². The van der Waals surface area contributed by atoms with Crippen LogP contribution in [0.3, 0.4) is 0 Å². The van der Waals surface area contributed by atoms with Gasteiger partial charge in [-0.25, -0.2) is 0 Å². The number of halogens is 1. The Morgan fingerprint density at radius 2 is 1.52 bits per heavy atom. The largest absolute Gasteiger partial charge is 0.508 e. The molecule has 7 nitrogen and oxygen atoms in total. The lowest BCUT2D eigenvalue weighted by molar-refractivity contribution is -0.118. The standard InChI is InChI=1S/C15H21ClN2O5/c16-11-14(20)17-5-7-22-9-10-23-8-6-18-15(21)12-1-3-13(19)4-2-12/h1-4,19H,5-11H2,(H,17,20)(H,18,21). The number of carbonyl (C=O) groups is 2. The van der Waals surface area contributed by atoms with E-state index in [4.69, 9.17) is 26.2 Å². The number of hydrogen-bond donors (Lipinski definition) is 3. The molecule has 0 saturated heterocycles. The Bertz CT molecular complexity index is 481. The maximum atomic E-state index is 11.7. The summed E-state index contributed by atoms with van der Waals surface area (Å²) in [6.07, 6.45) is 0. The van der Waals surface area contributed by atoms with Gasteiger partial charge in [0, 0.05) is 18.7 Å². The quantitative estimate of drug-likeness (QED) is 0.401. The summed E-state index contributed by atoms with van der Waals surface area (Å²) in [5.41, 5.74) is 0.477. The minimum atomic E-state index is -0.226. The molecule has 3 N–H and O–H groups in total. The summed E-state index contributed by atoms with van der Waals surface area (Å²) in [5.74, 6) is -0.387. The number of amides is 2. The van der Waals surface area contributed by atoms with Gasteiger partial charge >= 0.3 is 0 Å². The summed E-state index contributed by atoms with van der Waals surface area (Å²) in [6.45, 7) is 2.36. The van der Waals surface area contributed by atoms with Crippen molar-refractivity contribution in [2.75, 3.05) is 45.4 Å². The van der Waals surface area contributed by atoms with E-state index >= 15 is 0 Å². The second-order valence-corrected chi connectivity index (χ2v) is 4.78. The first-order valence-corrected chi connectivity index (χ1v) is 7.72. The van der Waals surface area contributed by atoms with Gasteiger partial charge in [0.05, 0.1) is 26.4 Å². The van der Waals surface area contributed by atoms with Crippen LogP contribution < -0.4 is 10.6 Å². The Labute approximate surface area is 139 Å². The average molecular weight is 345 g/mol. The second-order valence-electron chi connectivity index (χ2n) is 4.51. The Hall–Kier alpha value is -1.83. The Morgan fingerprint density at radius 1 is 0.957 bits per heavy atom. The summed E-state index contributed by atoms with van der Waals surface area (Å²) in [7, 11) is 0. The lowest BCUT2D eigenvalue weighted by Gasteiger charge is -2.08. The molecule has 0 aliphatic carbocycles. The van der Waals surface area contributed by atoms with E-state index in [-0.39, 0.29) is 23.4 Å². The second kappa shape index (κ2) is 11.7. The summed E-state index contributed by atoms with van der Waals surface area (Å²) < 4.78 is 10.5. The molecule has 1 rings (SSSR count). The molecule has 1 aromatic carbocycles. The number of phenolic OH excluding ortho intramolecular Hbond substituents is 1. The molecule has 0 heterocycles. The van der Waals surface area contributed by atoms with Gasteiger partial charge in [-0.2, -0.15) is 0 Å². The van der Waals surface area contributed by atoms with Crippen molar-refractivity contribution in [2.24, 2.45) is 0 Å². The van der Waals surface area contributed by atoms with Crippen molar-refractivity contribution in [3.63, 3.8) is 0 Å². The van der Waals surface area contributed by atoms with Crippen LogP contribution in [0.4, 0.5) is 0 Å². The van der Waals surface area contributed by atoms with Gasteiger partial charge in [0.2, 0.25) is 5.91 Å². The predicted molar refractivity (Wildman–Crippen MR) is 85.8 cm³/mol. The molecule has 0 radical (unpaired) electrons. The van der Waals surface area contributed by atoms with Gasteiger partial charge in [0.1, 0.15) is 11.6 Å². The molecule has 0 unspecified atom stereocenters. The van der Waals surface area contributed by atoms with Gasteiger partial charge in [-0.3, -0.25) is 9.59 Å². The highest BCUT2D eigenvalue weighted by atomic mass is 35.5. The zero-order chi connectivity index (χ0) is 16.9. The van der Waals surface area contributed by atoms with Crippen LogP contribution >= 0.6 is 11.6 Å². The number of rotatable bonds is 11. The molecule has 23 heavy (non-hydrogen) atoms. The first-order chi connectivity index (χ1) is 11.1. The Balaban J connectivity index is 1.94. The third-order valence-electron chi connectivity index (χ3n) is 2.72. The topological polar surface area (TPSA) is 96.9 Å². The molecule has 0 saturated carbocycles. The molecule has 0 aromatic heterocycles. The van der Waals surface area contributed by atoms with Crippen molar-refractivity contribution in [1.29, 1.82) is 0 Å². The number of nitrogens with one attached hydrogen (secondary N) is 2. The lowest BCUT2D eigenvalue weighted by atomic mass is 10.2. The van der Waals surface area contributed by atoms with Crippen molar-refractivity contribution in [1.82, 2.24) is 10.6 Å². The van der Waals surface area contributed by atoms with Crippen LogP contribution in [0, 0.1) is 0 Å². The fourth-order valence-corrected chi connectivity index (χ4v) is 1.68. The first-order valence-electron chi connectivity index (χ1n) is 7.19. The highest BCUT2D eigenvalue weighted by Gasteiger charge is 2.04. The molecule has 1 aromatic rings. The third kappa shape index (κ3) is 9.02. The zero-order valence-electron chi connectivity index (χ0n) is 12.7. The SMILES string of the molecule is O=C(CCl)NCCOCCOCCNC(=O)c1ccc(O)cc1. The number of aromatic hydroxyl groups is 1. The number of phenols is 1. The number of carbonyl (C=O) groups excluding carboxylic acids is 2. The summed E-state index contributed by atoms with van der Waals surface area (Å²) in [6, 6.07) is 6.00. The monoisotopic (exact) mass is 344 g/mol. The zero-order valence-corrected chi connectivity index (χ0v) is 13.5. The number of hydrogen-bond acceptors (Lipinski definition) is 5. The third-order valence-corrected chi connectivity index (χ3v) is 2.97. The van der Waals surface area contributed by atoms with Crippen molar-refractivity contribution < 1.29 is 24.2 Å². The normalized spacial score (nSPS) is 10.3. The lowest BCUT2D eigenvalue weighted by Crippen LogP contribution is -2.29. The smallest absolute Gasteiger partial charge is 0.251 e. The first kappa shape index (κ1) is 19.2. The van der Waals surface area contributed by atoms with Gasteiger partial charge in [-0.05, 0) is 24.3 Å². The maximum Gasteiger partial charge on any atom is 0.251 e. The van der Waals surface area contributed by atoms with Crippen LogP contribution in [0.15, 0.2) is 24.3 Å². The van der Waals surface area contributed by atoms with E-state index in [2.05, 4.69) is 10.6 Å². The van der Waals surface area contributed by atoms with Crippen molar-refractivity contribution in [3.8, 4) is 5.75 Å². The fourth-order valence-electron chi connectivity index (χ4n) is 1.58. The Morgan fingerprint density at radius 3 is 2.09 bits per heavy atom. The van der Waals surface area contributed by atoms with Gasteiger partial charge in [0.15, 0.2) is 0 Å². The van der Waals surface area contributed by atoms with Gasteiger partial charge in [-0.1, -0.05) is 0 Å². The molecule has 8 heteroatoms. The minimum Gasteiger partial charge on any atom is -0.508 e. The van der Waals surface area contributed by atoms with Crippen LogP contribution in [-0.2, 0) is 14.3 Å². The minimum absolute atomic E-state index is 0.0566. The van der Waals surface area contributed by atoms with Crippen molar-refractivity contribution >= 4 is 23.4 Å². The number of benzene rings is 1. The molecule has 2 amide bonds. The molecule has 0 spiro atoms. The maximum absolute atomic E-state index is 11.7. The molecule has 0 atom stereocenters. The van der Waals surface area contributed by atoms with Crippen LogP contribution in [-0.4, -0.2) is 62.3 Å². The van der Waals surface area contributed by atoms with E-state index in [1.54, 1.807) is 12.1 Å². The van der Waals surface area contributed by atoms with Crippen LogP contribution in [0.2, 0.25) is 0 Å². The highest BCUT2D eigenvalue weighted by Crippen LogP contribution is 2.09. The van der Waals surface area contributed by atoms with Crippen molar-refractivity contribution in [3.05, 3.63) is 29.8 Å². The van der Waals surface area contributed by atoms with E-state index in [1.807, 2.05) is 0 Å². The van der Waals surface area contributed by atoms with Gasteiger partial charge < -0.3 is 25.2 Å². The van der Waals surface area contributed by atoms with Crippen LogP contribution in [0.1, 0.15) is 10.4 Å². The van der Waals surface area contributed by atoms with Crippen LogP contribution in [0.5, 0.6) is 5.75 Å². The van der Waals surface area contributed by atoms with Crippen molar-refractivity contribution in [2.45, 2.75) is 0 Å². The summed E-state index contributed by atoms with van der Waals surface area (Å²) >= 11 is 5.32. The molecule has 0 aliphatic rings. The molecule has 0 aliphatic heterocycles. The molecule has 0 bridgehead atoms. The molecule has 128 valence electrons.